The molecule has 1 aliphatic rings. The minimum atomic E-state index is -2.74. The second-order valence-electron chi connectivity index (χ2n) is 7.98. The van der Waals surface area contributed by atoms with Crippen LogP contribution in [-0.2, 0) is 5.54 Å². The van der Waals surface area contributed by atoms with E-state index in [1.54, 1.807) is 25.3 Å². The summed E-state index contributed by atoms with van der Waals surface area (Å²) in [5.74, 6) is -0.725. The number of rotatable bonds is 5. The first-order chi connectivity index (χ1) is 14.9. The van der Waals surface area contributed by atoms with Crippen molar-refractivity contribution in [1.82, 2.24) is 20.1 Å². The zero-order chi connectivity index (χ0) is 22.0. The molecule has 1 amide bonds. The molecule has 0 aliphatic heterocycles. The Morgan fingerprint density at radius 2 is 1.94 bits per heavy atom. The van der Waals surface area contributed by atoms with Crippen molar-refractivity contribution in [3.05, 3.63) is 71.6 Å². The van der Waals surface area contributed by atoms with Gasteiger partial charge in [0, 0.05) is 18.0 Å². The smallest absolute Gasteiger partial charge is 0.333 e. The summed E-state index contributed by atoms with van der Waals surface area (Å²) in [7, 11) is 0. The van der Waals surface area contributed by atoms with E-state index in [-0.39, 0.29) is 17.4 Å². The first-order valence-electron chi connectivity index (χ1n) is 10.3. The van der Waals surface area contributed by atoms with Crippen molar-refractivity contribution in [2.75, 3.05) is 0 Å². The summed E-state index contributed by atoms with van der Waals surface area (Å²) in [5, 5.41) is 6.78. The van der Waals surface area contributed by atoms with Gasteiger partial charge < -0.3 is 5.32 Å². The van der Waals surface area contributed by atoms with Gasteiger partial charge in [-0.2, -0.15) is 13.9 Å². The number of carbonyl (C=O) groups is 1. The third-order valence-electron chi connectivity index (χ3n) is 5.89. The highest BCUT2D eigenvalue weighted by Crippen LogP contribution is 2.37. The molecule has 162 valence electrons. The van der Waals surface area contributed by atoms with E-state index in [0.717, 1.165) is 30.4 Å². The average Bonchev–Trinajstić information content (AvgIpc) is 3.25. The zero-order valence-corrected chi connectivity index (χ0v) is 17.1. The van der Waals surface area contributed by atoms with Crippen molar-refractivity contribution in [3.63, 3.8) is 0 Å². The lowest BCUT2D eigenvalue weighted by Crippen LogP contribution is -2.47. The number of amides is 1. The molecule has 0 saturated heterocycles. The van der Waals surface area contributed by atoms with Gasteiger partial charge in [-0.15, -0.1) is 0 Å². The van der Waals surface area contributed by atoms with Gasteiger partial charge in [-0.25, -0.2) is 9.07 Å². The Morgan fingerprint density at radius 1 is 1.16 bits per heavy atom. The number of pyridine rings is 1. The van der Waals surface area contributed by atoms with Gasteiger partial charge in [0.2, 0.25) is 0 Å². The van der Waals surface area contributed by atoms with Crippen LogP contribution in [0.5, 0.6) is 0 Å². The van der Waals surface area contributed by atoms with Crippen molar-refractivity contribution in [2.24, 2.45) is 0 Å². The molecule has 1 fully saturated rings. The third kappa shape index (κ3) is 4.33. The van der Waals surface area contributed by atoms with Crippen LogP contribution in [0.1, 0.15) is 60.3 Å². The normalized spacial score (nSPS) is 15.8. The number of hydrogen-bond acceptors (Lipinski definition) is 3. The standard InChI is InChI=1S/C23H23F3N4O/c1-15-12-27-20(11-19(15)16-13-28-30(14-16)22(25)26)21(31)29-23(8-3-2-4-9-23)17-6-5-7-18(24)10-17/h5-7,10-14,22H,2-4,8-9H2,1H3,(H,29,31). The summed E-state index contributed by atoms with van der Waals surface area (Å²) in [6, 6.07) is 7.92. The predicted molar refractivity (Wildman–Crippen MR) is 110 cm³/mol. The van der Waals surface area contributed by atoms with Gasteiger partial charge in [-0.3, -0.25) is 9.78 Å². The van der Waals surface area contributed by atoms with Crippen LogP contribution in [0.3, 0.4) is 0 Å². The lowest BCUT2D eigenvalue weighted by molar-refractivity contribution is 0.0566. The van der Waals surface area contributed by atoms with E-state index in [1.165, 1.54) is 24.5 Å². The lowest BCUT2D eigenvalue weighted by atomic mass is 9.76. The maximum Gasteiger partial charge on any atom is 0.333 e. The van der Waals surface area contributed by atoms with Crippen LogP contribution >= 0.6 is 0 Å². The zero-order valence-electron chi connectivity index (χ0n) is 17.1. The molecule has 2 aromatic heterocycles. The third-order valence-corrected chi connectivity index (χ3v) is 5.89. The number of aryl methyl sites for hydroxylation is 1. The van der Waals surface area contributed by atoms with Crippen LogP contribution in [0.15, 0.2) is 48.9 Å². The fourth-order valence-electron chi connectivity index (χ4n) is 4.25. The largest absolute Gasteiger partial charge is 0.341 e. The van der Waals surface area contributed by atoms with Gasteiger partial charge >= 0.3 is 6.55 Å². The summed E-state index contributed by atoms with van der Waals surface area (Å²) in [6.45, 7) is -0.949. The van der Waals surface area contributed by atoms with Gasteiger partial charge in [0.25, 0.3) is 5.91 Å². The van der Waals surface area contributed by atoms with E-state index >= 15 is 0 Å². The Morgan fingerprint density at radius 3 is 2.61 bits per heavy atom. The molecule has 0 atom stereocenters. The van der Waals surface area contributed by atoms with Crippen LogP contribution in [0, 0.1) is 12.7 Å². The van der Waals surface area contributed by atoms with Crippen molar-refractivity contribution in [2.45, 2.75) is 51.1 Å². The number of alkyl halides is 2. The number of carbonyl (C=O) groups excluding carboxylic acids is 1. The molecule has 3 aromatic rings. The first-order valence-corrected chi connectivity index (χ1v) is 10.3. The average molecular weight is 428 g/mol. The van der Waals surface area contributed by atoms with Crippen LogP contribution in [-0.4, -0.2) is 20.7 Å². The fraction of sp³-hybridized carbons (Fsp3) is 0.348. The van der Waals surface area contributed by atoms with Crippen molar-refractivity contribution >= 4 is 5.91 Å². The van der Waals surface area contributed by atoms with Crippen LogP contribution in [0.2, 0.25) is 0 Å². The SMILES string of the molecule is Cc1cnc(C(=O)NC2(c3cccc(F)c3)CCCCC2)cc1-c1cnn(C(F)F)c1. The number of hydrogen-bond donors (Lipinski definition) is 1. The fourth-order valence-corrected chi connectivity index (χ4v) is 4.25. The van der Waals surface area contributed by atoms with E-state index < -0.39 is 12.1 Å². The second kappa shape index (κ2) is 8.53. The van der Waals surface area contributed by atoms with Crippen LogP contribution in [0.25, 0.3) is 11.1 Å². The van der Waals surface area contributed by atoms with E-state index in [9.17, 15) is 18.0 Å². The first kappa shape index (κ1) is 21.1. The Kier molecular flexibility index (Phi) is 5.80. The number of nitrogens with one attached hydrogen (secondary N) is 1. The van der Waals surface area contributed by atoms with Crippen molar-refractivity contribution < 1.29 is 18.0 Å². The van der Waals surface area contributed by atoms with Gasteiger partial charge in [0.15, 0.2) is 0 Å². The molecular formula is C23H23F3N4O. The molecule has 0 spiro atoms. The van der Waals surface area contributed by atoms with E-state index in [1.807, 2.05) is 6.07 Å². The van der Waals surface area contributed by atoms with Gasteiger partial charge in [-0.05, 0) is 54.7 Å². The highest BCUT2D eigenvalue weighted by Gasteiger charge is 2.36. The summed E-state index contributed by atoms with van der Waals surface area (Å²) in [6.07, 6.45) is 8.46. The molecule has 8 heteroatoms. The van der Waals surface area contributed by atoms with Crippen LogP contribution in [0.4, 0.5) is 13.2 Å². The monoisotopic (exact) mass is 428 g/mol. The van der Waals surface area contributed by atoms with Crippen molar-refractivity contribution in [3.8, 4) is 11.1 Å². The molecule has 0 bridgehead atoms. The molecule has 1 N–H and O–H groups in total. The maximum atomic E-state index is 13.9. The Bertz CT molecular complexity index is 1090. The number of nitrogens with zero attached hydrogens (tertiary/aromatic N) is 3. The second-order valence-corrected chi connectivity index (χ2v) is 7.98. The summed E-state index contributed by atoms with van der Waals surface area (Å²) in [4.78, 5) is 17.4. The van der Waals surface area contributed by atoms with E-state index in [2.05, 4.69) is 15.4 Å². The highest BCUT2D eigenvalue weighted by atomic mass is 19.3. The molecule has 1 aliphatic carbocycles. The molecular weight excluding hydrogens is 405 g/mol. The molecule has 4 rings (SSSR count). The highest BCUT2D eigenvalue weighted by molar-refractivity contribution is 5.94. The molecule has 5 nitrogen and oxygen atoms in total. The lowest BCUT2D eigenvalue weighted by Gasteiger charge is -2.38. The summed E-state index contributed by atoms with van der Waals surface area (Å²) in [5.41, 5.74) is 2.08. The van der Waals surface area contributed by atoms with Gasteiger partial charge in [-0.1, -0.05) is 31.4 Å². The quantitative estimate of drug-likeness (QED) is 0.594. The molecule has 1 saturated carbocycles. The molecule has 0 radical (unpaired) electrons. The maximum absolute atomic E-state index is 13.9. The Labute approximate surface area is 178 Å². The molecule has 2 heterocycles. The summed E-state index contributed by atoms with van der Waals surface area (Å²) < 4.78 is 40.3. The minimum absolute atomic E-state index is 0.173. The Hall–Kier alpha value is -3.16. The van der Waals surface area contributed by atoms with Gasteiger partial charge in [0.05, 0.1) is 11.7 Å². The number of halogens is 3. The minimum Gasteiger partial charge on any atom is -0.341 e. The molecule has 0 unspecified atom stereocenters. The molecule has 1 aromatic carbocycles. The van der Waals surface area contributed by atoms with Crippen LogP contribution < -0.4 is 5.32 Å². The van der Waals surface area contributed by atoms with Crippen molar-refractivity contribution in [1.29, 1.82) is 0 Å². The topological polar surface area (TPSA) is 59.8 Å². The van der Waals surface area contributed by atoms with Gasteiger partial charge in [0.1, 0.15) is 11.5 Å². The Balaban J connectivity index is 1.65. The van der Waals surface area contributed by atoms with E-state index in [0.29, 0.717) is 28.7 Å². The van der Waals surface area contributed by atoms with E-state index in [4.69, 9.17) is 0 Å². The molecule has 31 heavy (non-hydrogen) atoms. The summed E-state index contributed by atoms with van der Waals surface area (Å²) >= 11 is 0. The number of benzene rings is 1. The number of aromatic nitrogens is 3. The predicted octanol–water partition coefficient (Wildman–Crippen LogP) is 5.38.